The van der Waals surface area contributed by atoms with Crippen molar-refractivity contribution in [3.8, 4) is 5.75 Å². The molecule has 0 spiro atoms. The number of rotatable bonds is 2. The summed E-state index contributed by atoms with van der Waals surface area (Å²) in [4.78, 5) is 4.16. The zero-order valence-electron chi connectivity index (χ0n) is 8.83. The van der Waals surface area contributed by atoms with Crippen molar-refractivity contribution in [1.82, 2.24) is 4.98 Å². The monoisotopic (exact) mass is 271 g/mol. The van der Waals surface area contributed by atoms with Crippen molar-refractivity contribution in [3.63, 3.8) is 0 Å². The maximum Gasteiger partial charge on any atom is 0.138 e. The minimum absolute atomic E-state index is 0.127. The van der Waals surface area contributed by atoms with Crippen LogP contribution in [0.3, 0.4) is 0 Å². The number of aromatic nitrogens is 1. The molecule has 1 aliphatic carbocycles. The largest absolute Gasteiger partial charge is 0.489 e. The van der Waals surface area contributed by atoms with Crippen molar-refractivity contribution in [2.45, 2.75) is 38.4 Å². The maximum atomic E-state index is 9.56. The number of hydrogen-bond acceptors (Lipinski definition) is 3. The summed E-state index contributed by atoms with van der Waals surface area (Å²) in [6.45, 7) is 3.80. The van der Waals surface area contributed by atoms with Gasteiger partial charge in [0.2, 0.25) is 0 Å². The van der Waals surface area contributed by atoms with Crippen molar-refractivity contribution >= 4 is 15.9 Å². The molecule has 0 atom stereocenters. The van der Waals surface area contributed by atoms with E-state index >= 15 is 0 Å². The molecule has 0 saturated heterocycles. The van der Waals surface area contributed by atoms with Gasteiger partial charge >= 0.3 is 0 Å². The molecule has 15 heavy (non-hydrogen) atoms. The van der Waals surface area contributed by atoms with Gasteiger partial charge < -0.3 is 9.84 Å². The van der Waals surface area contributed by atoms with Gasteiger partial charge in [0.05, 0.1) is 11.8 Å². The molecule has 0 aliphatic heterocycles. The predicted octanol–water partition coefficient (Wildman–Crippen LogP) is 2.44. The van der Waals surface area contributed by atoms with E-state index < -0.39 is 5.60 Å². The van der Waals surface area contributed by atoms with Gasteiger partial charge in [0, 0.05) is 12.8 Å². The lowest BCUT2D eigenvalue weighted by Crippen LogP contribution is -2.47. The molecule has 0 amide bonds. The SMILES string of the molecule is Cc1cc(OC2CC(C)(O)C2)cnc1Br. The molecule has 1 aromatic rings. The third kappa shape index (κ3) is 2.49. The molecule has 1 aromatic heterocycles. The van der Waals surface area contributed by atoms with Gasteiger partial charge in [-0.2, -0.15) is 0 Å². The molecule has 0 aromatic carbocycles. The van der Waals surface area contributed by atoms with Crippen molar-refractivity contribution < 1.29 is 9.84 Å². The summed E-state index contributed by atoms with van der Waals surface area (Å²) in [6.07, 6.45) is 3.22. The smallest absolute Gasteiger partial charge is 0.138 e. The third-order valence-electron chi connectivity index (χ3n) is 2.63. The highest BCUT2D eigenvalue weighted by Gasteiger charge is 2.40. The first-order valence-corrected chi connectivity index (χ1v) is 5.77. The van der Waals surface area contributed by atoms with E-state index in [-0.39, 0.29) is 6.10 Å². The van der Waals surface area contributed by atoms with Crippen LogP contribution in [0.4, 0.5) is 0 Å². The fraction of sp³-hybridized carbons (Fsp3) is 0.545. The van der Waals surface area contributed by atoms with E-state index in [0.717, 1.165) is 15.9 Å². The average Bonchev–Trinajstić information content (AvgIpc) is 2.08. The minimum Gasteiger partial charge on any atom is -0.489 e. The number of ether oxygens (including phenoxy) is 1. The number of nitrogens with zero attached hydrogens (tertiary/aromatic N) is 1. The molecule has 0 bridgehead atoms. The lowest BCUT2D eigenvalue weighted by Gasteiger charge is -2.40. The van der Waals surface area contributed by atoms with Crippen LogP contribution in [0.5, 0.6) is 5.75 Å². The normalized spacial score (nSPS) is 29.7. The maximum absolute atomic E-state index is 9.56. The summed E-state index contributed by atoms with van der Waals surface area (Å²) < 4.78 is 6.52. The number of aliphatic hydroxyl groups is 1. The van der Waals surface area contributed by atoms with Gasteiger partial charge in [0.15, 0.2) is 0 Å². The Kier molecular flexibility index (Phi) is 2.73. The second kappa shape index (κ2) is 3.76. The van der Waals surface area contributed by atoms with Crippen LogP contribution < -0.4 is 4.74 Å². The molecule has 1 fully saturated rings. The van der Waals surface area contributed by atoms with Crippen molar-refractivity contribution in [1.29, 1.82) is 0 Å². The molecule has 0 unspecified atom stereocenters. The fourth-order valence-electron chi connectivity index (χ4n) is 1.79. The number of hydrogen-bond donors (Lipinski definition) is 1. The molecule has 2 rings (SSSR count). The average molecular weight is 272 g/mol. The van der Waals surface area contributed by atoms with Crippen LogP contribution in [0.25, 0.3) is 0 Å². The van der Waals surface area contributed by atoms with Crippen molar-refractivity contribution in [3.05, 3.63) is 22.4 Å². The van der Waals surface area contributed by atoms with Crippen LogP contribution in [0.1, 0.15) is 25.3 Å². The summed E-state index contributed by atoms with van der Waals surface area (Å²) in [5.74, 6) is 0.774. The van der Waals surface area contributed by atoms with Crippen LogP contribution in [-0.4, -0.2) is 21.8 Å². The standard InChI is InChI=1S/C11H14BrNO2/c1-7-3-8(6-13-10(7)12)15-9-4-11(2,14)5-9/h3,6,9,14H,4-5H2,1-2H3. The summed E-state index contributed by atoms with van der Waals surface area (Å²) in [6, 6.07) is 1.95. The Morgan fingerprint density at radius 1 is 1.60 bits per heavy atom. The molecule has 1 saturated carbocycles. The first-order valence-electron chi connectivity index (χ1n) is 4.97. The van der Waals surface area contributed by atoms with E-state index in [1.54, 1.807) is 6.20 Å². The molecule has 1 heterocycles. The first kappa shape index (κ1) is 10.9. The zero-order valence-corrected chi connectivity index (χ0v) is 10.4. The van der Waals surface area contributed by atoms with Gasteiger partial charge in [-0.3, -0.25) is 0 Å². The fourth-order valence-corrected chi connectivity index (χ4v) is 2.01. The molecule has 82 valence electrons. The molecular weight excluding hydrogens is 258 g/mol. The third-order valence-corrected chi connectivity index (χ3v) is 3.46. The van der Waals surface area contributed by atoms with Crippen LogP contribution in [0, 0.1) is 6.92 Å². The van der Waals surface area contributed by atoms with Gasteiger partial charge in [-0.15, -0.1) is 0 Å². The summed E-state index contributed by atoms with van der Waals surface area (Å²) in [5.41, 5.74) is 0.515. The Labute approximate surface area is 97.6 Å². The van der Waals surface area contributed by atoms with Gasteiger partial charge in [-0.25, -0.2) is 4.98 Å². The number of aryl methyl sites for hydroxylation is 1. The lowest BCUT2D eigenvalue weighted by atomic mass is 9.79. The lowest BCUT2D eigenvalue weighted by molar-refractivity contribution is -0.0891. The Morgan fingerprint density at radius 3 is 2.80 bits per heavy atom. The van der Waals surface area contributed by atoms with E-state index in [4.69, 9.17) is 4.74 Å². The molecule has 1 N–H and O–H groups in total. The van der Waals surface area contributed by atoms with Crippen LogP contribution >= 0.6 is 15.9 Å². The summed E-state index contributed by atoms with van der Waals surface area (Å²) in [5, 5.41) is 9.56. The Bertz CT molecular complexity index is 371. The van der Waals surface area contributed by atoms with Crippen LogP contribution in [0.15, 0.2) is 16.9 Å². The van der Waals surface area contributed by atoms with Gasteiger partial charge in [-0.05, 0) is 41.4 Å². The van der Waals surface area contributed by atoms with Crippen molar-refractivity contribution in [2.24, 2.45) is 0 Å². The number of halogens is 1. The highest BCUT2D eigenvalue weighted by Crippen LogP contribution is 2.34. The van der Waals surface area contributed by atoms with E-state index in [2.05, 4.69) is 20.9 Å². The Balaban J connectivity index is 1.98. The van der Waals surface area contributed by atoms with E-state index in [1.807, 2.05) is 19.9 Å². The second-order valence-corrected chi connectivity index (χ2v) is 5.17. The second-order valence-electron chi connectivity index (χ2n) is 4.42. The van der Waals surface area contributed by atoms with E-state index in [1.165, 1.54) is 0 Å². The quantitative estimate of drug-likeness (QED) is 0.841. The highest BCUT2D eigenvalue weighted by atomic mass is 79.9. The molecule has 1 aliphatic rings. The highest BCUT2D eigenvalue weighted by molar-refractivity contribution is 9.10. The Morgan fingerprint density at radius 2 is 2.27 bits per heavy atom. The first-order chi connectivity index (χ1) is 6.96. The molecular formula is C11H14BrNO2. The Hall–Kier alpha value is -0.610. The summed E-state index contributed by atoms with van der Waals surface area (Å²) >= 11 is 3.34. The van der Waals surface area contributed by atoms with E-state index in [0.29, 0.717) is 12.8 Å². The molecule has 3 nitrogen and oxygen atoms in total. The molecule has 0 radical (unpaired) electrons. The van der Waals surface area contributed by atoms with Gasteiger partial charge in [0.1, 0.15) is 16.5 Å². The minimum atomic E-state index is -0.539. The van der Waals surface area contributed by atoms with E-state index in [9.17, 15) is 5.11 Å². The zero-order chi connectivity index (χ0) is 11.1. The van der Waals surface area contributed by atoms with Gasteiger partial charge in [0.25, 0.3) is 0 Å². The van der Waals surface area contributed by atoms with Crippen LogP contribution in [0.2, 0.25) is 0 Å². The summed E-state index contributed by atoms with van der Waals surface area (Å²) in [7, 11) is 0. The van der Waals surface area contributed by atoms with Crippen molar-refractivity contribution in [2.75, 3.05) is 0 Å². The van der Waals surface area contributed by atoms with Gasteiger partial charge in [-0.1, -0.05) is 0 Å². The topological polar surface area (TPSA) is 42.4 Å². The predicted molar refractivity (Wildman–Crippen MR) is 60.9 cm³/mol. The number of pyridine rings is 1. The van der Waals surface area contributed by atoms with Crippen LogP contribution in [-0.2, 0) is 0 Å². The molecule has 4 heteroatoms.